The maximum atomic E-state index is 10.0. The third-order valence-corrected chi connectivity index (χ3v) is 7.68. The van der Waals surface area contributed by atoms with Gasteiger partial charge in [0, 0.05) is 41.9 Å². The number of pyridine rings is 1. The SMILES string of the molecule is COc1ccc2nccc(CCC[C@@H]3CCN(CCSc4ccccc4)C[C@@H]3CO)c2c1. The molecule has 4 nitrogen and oxygen atoms in total. The summed E-state index contributed by atoms with van der Waals surface area (Å²) in [5, 5.41) is 11.2. The van der Waals surface area contributed by atoms with Crippen molar-refractivity contribution in [2.45, 2.75) is 30.6 Å². The van der Waals surface area contributed by atoms with Crippen LogP contribution in [0.2, 0.25) is 0 Å². The number of methoxy groups -OCH3 is 1. The molecule has 0 bridgehead atoms. The number of thioether (sulfide) groups is 1. The number of aliphatic hydroxyl groups excluding tert-OH is 1. The summed E-state index contributed by atoms with van der Waals surface area (Å²) in [6, 6.07) is 18.8. The molecule has 1 aromatic heterocycles. The summed E-state index contributed by atoms with van der Waals surface area (Å²) in [6.07, 6.45) is 6.45. The van der Waals surface area contributed by atoms with E-state index in [-0.39, 0.29) is 0 Å². The Kier molecular flexibility index (Phi) is 8.43. The number of aromatic nitrogens is 1. The molecule has 170 valence electrons. The van der Waals surface area contributed by atoms with Crippen LogP contribution in [-0.4, -0.2) is 54.1 Å². The lowest BCUT2D eigenvalue weighted by molar-refractivity contribution is 0.0710. The van der Waals surface area contributed by atoms with Gasteiger partial charge in [-0.3, -0.25) is 4.98 Å². The number of fused-ring (bicyclic) bond motifs is 1. The highest BCUT2D eigenvalue weighted by Crippen LogP contribution is 2.30. The molecule has 2 heterocycles. The number of rotatable bonds is 10. The van der Waals surface area contributed by atoms with Crippen molar-refractivity contribution in [3.8, 4) is 5.75 Å². The lowest BCUT2D eigenvalue weighted by Gasteiger charge is -2.38. The monoisotopic (exact) mass is 450 g/mol. The van der Waals surface area contributed by atoms with Crippen LogP contribution in [0.25, 0.3) is 10.9 Å². The number of benzene rings is 2. The number of hydrogen-bond donors (Lipinski definition) is 1. The van der Waals surface area contributed by atoms with E-state index < -0.39 is 0 Å². The smallest absolute Gasteiger partial charge is 0.119 e. The zero-order valence-corrected chi connectivity index (χ0v) is 19.8. The van der Waals surface area contributed by atoms with Crippen molar-refractivity contribution in [2.24, 2.45) is 11.8 Å². The van der Waals surface area contributed by atoms with Gasteiger partial charge in [-0.2, -0.15) is 0 Å². The second kappa shape index (κ2) is 11.7. The molecule has 4 rings (SSSR count). The Balaban J connectivity index is 1.26. The Morgan fingerprint density at radius 1 is 1.12 bits per heavy atom. The molecule has 2 aromatic carbocycles. The topological polar surface area (TPSA) is 45.6 Å². The van der Waals surface area contributed by atoms with Crippen LogP contribution >= 0.6 is 11.8 Å². The Morgan fingerprint density at radius 3 is 2.81 bits per heavy atom. The van der Waals surface area contributed by atoms with Gasteiger partial charge in [-0.1, -0.05) is 18.2 Å². The van der Waals surface area contributed by atoms with Crippen molar-refractivity contribution in [3.05, 3.63) is 66.4 Å². The Morgan fingerprint density at radius 2 is 2.00 bits per heavy atom. The van der Waals surface area contributed by atoms with Gasteiger partial charge in [0.05, 0.1) is 12.6 Å². The highest BCUT2D eigenvalue weighted by molar-refractivity contribution is 7.99. The van der Waals surface area contributed by atoms with Crippen molar-refractivity contribution in [2.75, 3.05) is 39.1 Å². The summed E-state index contributed by atoms with van der Waals surface area (Å²) < 4.78 is 5.41. The fraction of sp³-hybridized carbons (Fsp3) is 0.444. The summed E-state index contributed by atoms with van der Waals surface area (Å²) >= 11 is 1.92. The highest BCUT2D eigenvalue weighted by Gasteiger charge is 2.28. The number of piperidine rings is 1. The van der Waals surface area contributed by atoms with Gasteiger partial charge in [0.15, 0.2) is 0 Å². The molecular weight excluding hydrogens is 416 g/mol. The van der Waals surface area contributed by atoms with Crippen molar-refractivity contribution in [3.63, 3.8) is 0 Å². The number of ether oxygens (including phenoxy) is 1. The van der Waals surface area contributed by atoms with E-state index >= 15 is 0 Å². The van der Waals surface area contributed by atoms with Crippen LogP contribution in [-0.2, 0) is 6.42 Å². The molecule has 0 unspecified atom stereocenters. The van der Waals surface area contributed by atoms with Crippen molar-refractivity contribution >= 4 is 22.7 Å². The molecule has 0 spiro atoms. The zero-order chi connectivity index (χ0) is 22.2. The summed E-state index contributed by atoms with van der Waals surface area (Å²) in [6.45, 7) is 3.55. The van der Waals surface area contributed by atoms with E-state index in [9.17, 15) is 5.11 Å². The van der Waals surface area contributed by atoms with Crippen LogP contribution in [0.5, 0.6) is 5.75 Å². The fourth-order valence-corrected chi connectivity index (χ4v) is 5.77. The van der Waals surface area contributed by atoms with Crippen molar-refractivity contribution in [1.82, 2.24) is 9.88 Å². The first-order valence-corrected chi connectivity index (χ1v) is 12.7. The number of hydrogen-bond acceptors (Lipinski definition) is 5. The number of nitrogens with zero attached hydrogens (tertiary/aromatic N) is 2. The first kappa shape index (κ1) is 23.1. The van der Waals surface area contributed by atoms with Gasteiger partial charge in [-0.15, -0.1) is 11.8 Å². The fourth-order valence-electron chi connectivity index (χ4n) is 4.84. The maximum absolute atomic E-state index is 10.0. The first-order chi connectivity index (χ1) is 15.8. The van der Waals surface area contributed by atoms with E-state index in [0.717, 1.165) is 49.5 Å². The van der Waals surface area contributed by atoms with E-state index in [4.69, 9.17) is 4.74 Å². The number of aryl methyl sites for hydroxylation is 1. The zero-order valence-electron chi connectivity index (χ0n) is 19.0. The lowest BCUT2D eigenvalue weighted by atomic mass is 9.82. The molecule has 2 atom stereocenters. The van der Waals surface area contributed by atoms with Gasteiger partial charge >= 0.3 is 0 Å². The maximum Gasteiger partial charge on any atom is 0.119 e. The van der Waals surface area contributed by atoms with Crippen LogP contribution in [0.4, 0.5) is 0 Å². The quantitative estimate of drug-likeness (QED) is 0.425. The minimum atomic E-state index is 0.294. The molecule has 0 radical (unpaired) electrons. The first-order valence-electron chi connectivity index (χ1n) is 11.7. The molecule has 1 fully saturated rings. The predicted molar refractivity (Wildman–Crippen MR) is 134 cm³/mol. The third-order valence-electron chi connectivity index (χ3n) is 6.69. The van der Waals surface area contributed by atoms with Crippen LogP contribution in [0.1, 0.15) is 24.8 Å². The molecule has 0 saturated carbocycles. The third kappa shape index (κ3) is 6.03. The van der Waals surface area contributed by atoms with Crippen LogP contribution in [0.3, 0.4) is 0 Å². The number of aliphatic hydroxyl groups is 1. The van der Waals surface area contributed by atoms with E-state index in [0.29, 0.717) is 18.4 Å². The molecule has 1 saturated heterocycles. The van der Waals surface area contributed by atoms with Gasteiger partial charge in [-0.05, 0) is 86.0 Å². The Hall–Kier alpha value is -2.08. The van der Waals surface area contributed by atoms with Crippen LogP contribution < -0.4 is 4.74 Å². The van der Waals surface area contributed by atoms with Crippen LogP contribution in [0, 0.1) is 11.8 Å². The van der Waals surface area contributed by atoms with E-state index in [1.54, 1.807) is 7.11 Å². The van der Waals surface area contributed by atoms with Gasteiger partial charge in [0.25, 0.3) is 0 Å². The molecule has 3 aromatic rings. The second-order valence-electron chi connectivity index (χ2n) is 8.70. The van der Waals surface area contributed by atoms with Crippen molar-refractivity contribution < 1.29 is 9.84 Å². The van der Waals surface area contributed by atoms with E-state index in [2.05, 4.69) is 52.3 Å². The summed E-state index contributed by atoms with van der Waals surface area (Å²) in [5.41, 5.74) is 2.36. The molecule has 32 heavy (non-hydrogen) atoms. The molecule has 1 N–H and O–H groups in total. The van der Waals surface area contributed by atoms with Crippen molar-refractivity contribution in [1.29, 1.82) is 0 Å². The van der Waals surface area contributed by atoms with Gasteiger partial charge in [-0.25, -0.2) is 0 Å². The summed E-state index contributed by atoms with van der Waals surface area (Å²) in [5.74, 6) is 2.98. The molecule has 1 aliphatic heterocycles. The average molecular weight is 451 g/mol. The molecule has 1 aliphatic rings. The molecule has 0 aliphatic carbocycles. The van der Waals surface area contributed by atoms with Gasteiger partial charge in [0.2, 0.25) is 0 Å². The molecule has 0 amide bonds. The lowest BCUT2D eigenvalue weighted by Crippen LogP contribution is -2.42. The summed E-state index contributed by atoms with van der Waals surface area (Å²) in [7, 11) is 1.71. The predicted octanol–water partition coefficient (Wildman–Crippen LogP) is 5.29. The highest BCUT2D eigenvalue weighted by atomic mass is 32.2. The van der Waals surface area contributed by atoms with Gasteiger partial charge < -0.3 is 14.7 Å². The minimum Gasteiger partial charge on any atom is -0.497 e. The van der Waals surface area contributed by atoms with E-state index in [1.165, 1.54) is 28.7 Å². The standard InChI is InChI=1S/C27H34N2O2S/c1-31-24-10-11-27-26(18-24)22(12-14-28-27)7-5-6-21-13-15-29(19-23(21)20-30)16-17-32-25-8-3-2-4-9-25/h2-4,8-12,14,18,21,23,30H,5-7,13,15-17,19-20H2,1H3/t21-,23-/m1/s1. The summed E-state index contributed by atoms with van der Waals surface area (Å²) in [4.78, 5) is 8.37. The average Bonchev–Trinajstić information content (AvgIpc) is 2.85. The normalized spacial score (nSPS) is 19.3. The molecular formula is C27H34N2O2S. The Labute approximate surface area is 196 Å². The molecule has 5 heteroatoms. The van der Waals surface area contributed by atoms with Gasteiger partial charge in [0.1, 0.15) is 5.75 Å². The number of likely N-dealkylation sites (tertiary alicyclic amines) is 1. The van der Waals surface area contributed by atoms with E-state index in [1.807, 2.05) is 30.1 Å². The van der Waals surface area contributed by atoms with Crippen LogP contribution in [0.15, 0.2) is 65.7 Å². The second-order valence-corrected chi connectivity index (χ2v) is 9.87. The largest absolute Gasteiger partial charge is 0.497 e. The Bertz CT molecular complexity index is 982. The minimum absolute atomic E-state index is 0.294.